The highest BCUT2D eigenvalue weighted by Gasteiger charge is 2.31. The van der Waals surface area contributed by atoms with Crippen LogP contribution in [-0.2, 0) is 30.3 Å². The smallest absolute Gasteiger partial charge is 0.258 e. The molecule has 1 saturated heterocycles. The van der Waals surface area contributed by atoms with Crippen LogP contribution in [0, 0.1) is 5.92 Å². The Labute approximate surface area is 243 Å². The van der Waals surface area contributed by atoms with Crippen LogP contribution in [0.3, 0.4) is 0 Å². The van der Waals surface area contributed by atoms with Crippen molar-refractivity contribution in [3.63, 3.8) is 0 Å². The van der Waals surface area contributed by atoms with E-state index in [9.17, 15) is 19.2 Å². The second-order valence-corrected chi connectivity index (χ2v) is 11.3. The summed E-state index contributed by atoms with van der Waals surface area (Å²) in [6, 6.07) is 5.56. The van der Waals surface area contributed by atoms with Crippen molar-refractivity contribution in [3.05, 3.63) is 29.8 Å². The molecule has 41 heavy (non-hydrogen) atoms. The summed E-state index contributed by atoms with van der Waals surface area (Å²) in [7, 11) is 1.52. The fourth-order valence-electron chi connectivity index (χ4n) is 5.29. The number of nitrogens with one attached hydrogen (secondary N) is 2. The monoisotopic (exact) mass is 573 g/mol. The first kappa shape index (κ1) is 32.3. The molecule has 11 nitrogen and oxygen atoms in total. The molecule has 1 aromatic rings. The van der Waals surface area contributed by atoms with Crippen molar-refractivity contribution in [2.45, 2.75) is 58.5 Å². The van der Waals surface area contributed by atoms with Crippen molar-refractivity contribution in [2.24, 2.45) is 5.92 Å². The van der Waals surface area contributed by atoms with Crippen LogP contribution < -0.4 is 15.4 Å². The maximum atomic E-state index is 13.8. The molecule has 0 unspecified atom stereocenters. The zero-order valence-corrected chi connectivity index (χ0v) is 25.0. The zero-order valence-electron chi connectivity index (χ0n) is 25.0. The van der Waals surface area contributed by atoms with Gasteiger partial charge in [-0.05, 0) is 56.0 Å². The number of methoxy groups -OCH3 is 1. The molecule has 1 fully saturated rings. The third-order valence-electron chi connectivity index (χ3n) is 7.36. The number of hydrogen-bond donors (Lipinski definition) is 2. The lowest BCUT2D eigenvalue weighted by atomic mass is 10.0. The zero-order chi connectivity index (χ0) is 29.8. The van der Waals surface area contributed by atoms with E-state index in [0.717, 1.165) is 38.0 Å². The van der Waals surface area contributed by atoms with E-state index < -0.39 is 23.9 Å². The number of fused-ring (bicyclic) bond motifs is 13. The molecule has 11 heteroatoms. The number of benzene rings is 1. The Hall–Kier alpha value is -3.18. The molecule has 4 amide bonds. The maximum Gasteiger partial charge on any atom is 0.258 e. The van der Waals surface area contributed by atoms with Gasteiger partial charge in [-0.25, -0.2) is 0 Å². The first-order valence-corrected chi connectivity index (χ1v) is 14.8. The molecule has 0 radical (unpaired) electrons. The van der Waals surface area contributed by atoms with Crippen molar-refractivity contribution in [2.75, 3.05) is 66.1 Å². The third kappa shape index (κ3) is 10.3. The van der Waals surface area contributed by atoms with Gasteiger partial charge in [0.15, 0.2) is 6.61 Å². The molecular formula is C30H47N5O6. The number of carbonyl (C=O) groups excluding carboxylic acids is 4. The van der Waals surface area contributed by atoms with Gasteiger partial charge in [0.05, 0.1) is 13.2 Å². The number of ether oxygens (including phenoxy) is 2. The number of carbonyl (C=O) groups is 4. The minimum Gasteiger partial charge on any atom is -0.484 e. The summed E-state index contributed by atoms with van der Waals surface area (Å²) in [5, 5.41) is 5.72. The lowest BCUT2D eigenvalue weighted by Crippen LogP contribution is -2.55. The van der Waals surface area contributed by atoms with Gasteiger partial charge >= 0.3 is 0 Å². The van der Waals surface area contributed by atoms with Crippen LogP contribution >= 0.6 is 0 Å². The summed E-state index contributed by atoms with van der Waals surface area (Å²) in [6.45, 7) is 9.95. The largest absolute Gasteiger partial charge is 0.484 e. The summed E-state index contributed by atoms with van der Waals surface area (Å²) in [4.78, 5) is 59.1. The molecule has 3 aliphatic heterocycles. The summed E-state index contributed by atoms with van der Waals surface area (Å²) in [5.41, 5.74) is 0.847. The van der Waals surface area contributed by atoms with E-state index in [-0.39, 0.29) is 44.0 Å². The van der Waals surface area contributed by atoms with Crippen molar-refractivity contribution in [1.29, 1.82) is 0 Å². The lowest BCUT2D eigenvalue weighted by Gasteiger charge is -2.30. The standard InChI is InChI=1S/C30H47N5O6/c1-5-11-33-12-6-13-34(15-14-33)29(38)26-19-23-7-9-24(10-8-23)41-21-28(37)32-25(18-22(2)3)30(39)35(16-17-40-4)20-27(36)31-26/h7-10,22,25-26H,5-6,11-21H2,1-4H3,(H,31,36)(H,32,37)/t25-,26+/m0/s1. The van der Waals surface area contributed by atoms with Crippen molar-refractivity contribution in [1.82, 2.24) is 25.3 Å². The summed E-state index contributed by atoms with van der Waals surface area (Å²) >= 11 is 0. The van der Waals surface area contributed by atoms with E-state index in [0.29, 0.717) is 31.7 Å². The van der Waals surface area contributed by atoms with Crippen LogP contribution in [-0.4, -0.2) is 117 Å². The van der Waals surface area contributed by atoms with Gasteiger partial charge in [0.2, 0.25) is 17.7 Å². The SMILES string of the molecule is CCCN1CCCN(C(=O)[C@H]2Cc3ccc(cc3)OCC(=O)N[C@@H](CC(C)C)C(=O)N(CCOC)CC(=O)N2)CC1. The molecule has 0 aliphatic carbocycles. The molecule has 228 valence electrons. The molecule has 0 saturated carbocycles. The van der Waals surface area contributed by atoms with Crippen molar-refractivity contribution >= 4 is 23.6 Å². The third-order valence-corrected chi connectivity index (χ3v) is 7.36. The Bertz CT molecular complexity index is 1020. The molecule has 0 spiro atoms. The van der Waals surface area contributed by atoms with Crippen LogP contribution in [0.25, 0.3) is 0 Å². The average molecular weight is 574 g/mol. The van der Waals surface area contributed by atoms with Crippen LogP contribution in [0.5, 0.6) is 5.75 Å². The molecule has 2 N–H and O–H groups in total. The topological polar surface area (TPSA) is 121 Å². The van der Waals surface area contributed by atoms with Gasteiger partial charge in [-0.15, -0.1) is 0 Å². The van der Waals surface area contributed by atoms with E-state index in [4.69, 9.17) is 9.47 Å². The van der Waals surface area contributed by atoms with Gasteiger partial charge in [-0.3, -0.25) is 19.2 Å². The van der Waals surface area contributed by atoms with Crippen LogP contribution in [0.4, 0.5) is 0 Å². The quantitative estimate of drug-likeness (QED) is 0.446. The van der Waals surface area contributed by atoms with Crippen molar-refractivity contribution in [3.8, 4) is 5.75 Å². The fourth-order valence-corrected chi connectivity index (χ4v) is 5.29. The molecular weight excluding hydrogens is 526 g/mol. The Morgan fingerprint density at radius 2 is 1.78 bits per heavy atom. The minimum atomic E-state index is -0.827. The van der Waals surface area contributed by atoms with E-state index >= 15 is 0 Å². The van der Waals surface area contributed by atoms with Crippen LogP contribution in [0.15, 0.2) is 24.3 Å². The Morgan fingerprint density at radius 1 is 1.02 bits per heavy atom. The second-order valence-electron chi connectivity index (χ2n) is 11.3. The van der Waals surface area contributed by atoms with Gasteiger partial charge in [0.1, 0.15) is 17.8 Å². The highest BCUT2D eigenvalue weighted by atomic mass is 16.5. The maximum absolute atomic E-state index is 13.8. The lowest BCUT2D eigenvalue weighted by molar-refractivity contribution is -0.142. The second kappa shape index (κ2) is 16.3. The van der Waals surface area contributed by atoms with E-state index in [2.05, 4.69) is 22.5 Å². The van der Waals surface area contributed by atoms with Gasteiger partial charge in [0.25, 0.3) is 5.91 Å². The molecule has 2 atom stereocenters. The Morgan fingerprint density at radius 3 is 2.46 bits per heavy atom. The molecule has 1 aromatic carbocycles. The molecule has 0 aromatic heterocycles. The first-order valence-electron chi connectivity index (χ1n) is 14.8. The van der Waals surface area contributed by atoms with Gasteiger partial charge in [-0.1, -0.05) is 32.9 Å². The number of nitrogens with zero attached hydrogens (tertiary/aromatic N) is 3. The first-order chi connectivity index (χ1) is 19.7. The van der Waals surface area contributed by atoms with E-state index in [1.807, 2.05) is 30.9 Å². The number of amides is 4. The normalized spacial score (nSPS) is 21.8. The van der Waals surface area contributed by atoms with Gasteiger partial charge in [-0.2, -0.15) is 0 Å². The molecule has 4 rings (SSSR count). The van der Waals surface area contributed by atoms with E-state index in [1.54, 1.807) is 12.1 Å². The van der Waals surface area contributed by atoms with E-state index in [1.165, 1.54) is 12.0 Å². The fraction of sp³-hybridized carbons (Fsp3) is 0.667. The molecule has 3 heterocycles. The summed E-state index contributed by atoms with van der Waals surface area (Å²) in [6.07, 6.45) is 2.63. The Balaban J connectivity index is 1.88. The highest BCUT2D eigenvalue weighted by Crippen LogP contribution is 2.16. The molecule has 2 bridgehead atoms. The van der Waals surface area contributed by atoms with Gasteiger partial charge < -0.3 is 34.8 Å². The summed E-state index contributed by atoms with van der Waals surface area (Å²) in [5.74, 6) is -0.738. The van der Waals surface area contributed by atoms with Gasteiger partial charge in [0, 0.05) is 39.7 Å². The number of rotatable bonds is 8. The number of hydrogen-bond acceptors (Lipinski definition) is 7. The van der Waals surface area contributed by atoms with Crippen LogP contribution in [0.2, 0.25) is 0 Å². The van der Waals surface area contributed by atoms with Crippen LogP contribution in [0.1, 0.15) is 45.6 Å². The van der Waals surface area contributed by atoms with Crippen molar-refractivity contribution < 1.29 is 28.7 Å². The average Bonchev–Trinajstić information content (AvgIpc) is 3.18. The Kier molecular flexibility index (Phi) is 12.9. The minimum absolute atomic E-state index is 0.116. The predicted octanol–water partition coefficient (Wildman–Crippen LogP) is 1.06. The summed E-state index contributed by atoms with van der Waals surface area (Å²) < 4.78 is 10.9. The predicted molar refractivity (Wildman–Crippen MR) is 155 cm³/mol. The highest BCUT2D eigenvalue weighted by molar-refractivity contribution is 5.93. The molecule has 3 aliphatic rings.